The first kappa shape index (κ1) is 12.2. The van der Waals surface area contributed by atoms with Crippen molar-refractivity contribution in [2.75, 3.05) is 0 Å². The Hall–Kier alpha value is -1.88. The minimum Gasteiger partial charge on any atom is -0.393 e. The third-order valence-corrected chi connectivity index (χ3v) is 3.73. The molecule has 0 unspecified atom stereocenters. The van der Waals surface area contributed by atoms with Gasteiger partial charge in [0.1, 0.15) is 5.65 Å². The lowest BCUT2D eigenvalue weighted by Gasteiger charge is -2.26. The van der Waals surface area contributed by atoms with Crippen LogP contribution in [-0.2, 0) is 0 Å². The Morgan fingerprint density at radius 1 is 1.37 bits per heavy atom. The van der Waals surface area contributed by atoms with E-state index >= 15 is 0 Å². The predicted molar refractivity (Wildman–Crippen MR) is 71.8 cm³/mol. The van der Waals surface area contributed by atoms with Gasteiger partial charge in [0.15, 0.2) is 0 Å². The Kier molecular flexibility index (Phi) is 3.21. The first-order chi connectivity index (χ1) is 9.24. The molecule has 1 fully saturated rings. The van der Waals surface area contributed by atoms with Gasteiger partial charge < -0.3 is 15.4 Å². The molecule has 3 N–H and O–H groups in total. The van der Waals surface area contributed by atoms with E-state index in [-0.39, 0.29) is 18.1 Å². The summed E-state index contributed by atoms with van der Waals surface area (Å²) in [5.74, 6) is -0.0689. The van der Waals surface area contributed by atoms with Gasteiger partial charge in [-0.15, -0.1) is 0 Å². The number of fused-ring (bicyclic) bond motifs is 1. The van der Waals surface area contributed by atoms with Crippen LogP contribution in [0.15, 0.2) is 24.5 Å². The van der Waals surface area contributed by atoms with Crippen LogP contribution in [0.2, 0.25) is 0 Å². The molecule has 1 aliphatic carbocycles. The van der Waals surface area contributed by atoms with Gasteiger partial charge in [-0.25, -0.2) is 4.98 Å². The third-order valence-electron chi connectivity index (χ3n) is 3.73. The van der Waals surface area contributed by atoms with Crippen LogP contribution in [0.3, 0.4) is 0 Å². The molecule has 2 aromatic rings. The van der Waals surface area contributed by atoms with Gasteiger partial charge in [0.25, 0.3) is 5.91 Å². The van der Waals surface area contributed by atoms with Crippen LogP contribution < -0.4 is 5.32 Å². The molecule has 2 heterocycles. The minimum atomic E-state index is -0.203. The SMILES string of the molecule is O=C(NC1CCC(O)CC1)c1c[nH]c2ncccc12. The zero-order chi connectivity index (χ0) is 13.2. The second kappa shape index (κ2) is 5.01. The summed E-state index contributed by atoms with van der Waals surface area (Å²) in [6, 6.07) is 3.87. The van der Waals surface area contributed by atoms with E-state index in [0.717, 1.165) is 36.7 Å². The van der Waals surface area contributed by atoms with Crippen molar-refractivity contribution in [3.63, 3.8) is 0 Å². The van der Waals surface area contributed by atoms with Gasteiger partial charge in [0.05, 0.1) is 11.7 Å². The molecular formula is C14H17N3O2. The average Bonchev–Trinajstić information content (AvgIpc) is 2.85. The molecule has 3 rings (SSSR count). The van der Waals surface area contributed by atoms with Crippen molar-refractivity contribution in [2.24, 2.45) is 0 Å². The fourth-order valence-electron chi connectivity index (χ4n) is 2.63. The first-order valence-electron chi connectivity index (χ1n) is 6.65. The minimum absolute atomic E-state index is 0.0689. The zero-order valence-electron chi connectivity index (χ0n) is 10.6. The molecule has 19 heavy (non-hydrogen) atoms. The molecule has 0 atom stereocenters. The predicted octanol–water partition coefficient (Wildman–Crippen LogP) is 1.60. The van der Waals surface area contributed by atoms with Crippen molar-refractivity contribution in [2.45, 2.75) is 37.8 Å². The van der Waals surface area contributed by atoms with Gasteiger partial charge >= 0.3 is 0 Å². The highest BCUT2D eigenvalue weighted by Gasteiger charge is 2.22. The van der Waals surface area contributed by atoms with E-state index in [1.807, 2.05) is 12.1 Å². The van der Waals surface area contributed by atoms with Crippen LogP contribution in [-0.4, -0.2) is 33.1 Å². The number of pyridine rings is 1. The number of aromatic amines is 1. The smallest absolute Gasteiger partial charge is 0.253 e. The van der Waals surface area contributed by atoms with Crippen LogP contribution in [0, 0.1) is 0 Å². The number of aliphatic hydroxyl groups is 1. The molecule has 1 amide bonds. The molecule has 0 aliphatic heterocycles. The Morgan fingerprint density at radius 3 is 2.95 bits per heavy atom. The van der Waals surface area contributed by atoms with Crippen LogP contribution in [0.4, 0.5) is 0 Å². The summed E-state index contributed by atoms with van der Waals surface area (Å²) in [7, 11) is 0. The van der Waals surface area contributed by atoms with Gasteiger partial charge in [-0.3, -0.25) is 4.79 Å². The standard InChI is InChI=1S/C14H17N3O2/c18-10-5-3-9(4-6-10)17-14(19)12-8-16-13-11(12)2-1-7-15-13/h1-2,7-10,18H,3-6H2,(H,15,16)(H,17,19). The summed E-state index contributed by atoms with van der Waals surface area (Å²) in [5.41, 5.74) is 1.36. The molecule has 5 heteroatoms. The molecule has 0 saturated heterocycles. The Bertz CT molecular complexity index is 585. The highest BCUT2D eigenvalue weighted by molar-refractivity contribution is 6.05. The number of hydrogen-bond acceptors (Lipinski definition) is 3. The third kappa shape index (κ3) is 2.46. The average molecular weight is 259 g/mol. The van der Waals surface area contributed by atoms with Crippen molar-refractivity contribution in [1.29, 1.82) is 0 Å². The molecule has 100 valence electrons. The fraction of sp³-hybridized carbons (Fsp3) is 0.429. The lowest BCUT2D eigenvalue weighted by atomic mass is 9.93. The van der Waals surface area contributed by atoms with E-state index in [1.165, 1.54) is 0 Å². The Morgan fingerprint density at radius 2 is 2.16 bits per heavy atom. The number of carbonyl (C=O) groups is 1. The summed E-state index contributed by atoms with van der Waals surface area (Å²) in [6.45, 7) is 0. The molecule has 0 bridgehead atoms. The first-order valence-corrected chi connectivity index (χ1v) is 6.65. The van der Waals surface area contributed by atoms with Crippen LogP contribution in [0.25, 0.3) is 11.0 Å². The summed E-state index contributed by atoms with van der Waals surface area (Å²) < 4.78 is 0. The number of rotatable bonds is 2. The molecule has 0 radical (unpaired) electrons. The second-order valence-corrected chi connectivity index (χ2v) is 5.08. The van der Waals surface area contributed by atoms with Gasteiger partial charge in [0, 0.05) is 23.8 Å². The lowest BCUT2D eigenvalue weighted by Crippen LogP contribution is -2.38. The van der Waals surface area contributed by atoms with Crippen LogP contribution in [0.1, 0.15) is 36.0 Å². The second-order valence-electron chi connectivity index (χ2n) is 5.08. The summed E-state index contributed by atoms with van der Waals surface area (Å²) in [4.78, 5) is 19.4. The van der Waals surface area contributed by atoms with Gasteiger partial charge in [-0.05, 0) is 37.8 Å². The number of nitrogens with zero attached hydrogens (tertiary/aromatic N) is 1. The number of aromatic nitrogens is 2. The van der Waals surface area contributed by atoms with E-state index in [9.17, 15) is 9.90 Å². The maximum absolute atomic E-state index is 12.2. The highest BCUT2D eigenvalue weighted by Crippen LogP contribution is 2.20. The maximum atomic E-state index is 12.2. The van der Waals surface area contributed by atoms with Crippen molar-refractivity contribution < 1.29 is 9.90 Å². The molecule has 2 aromatic heterocycles. The monoisotopic (exact) mass is 259 g/mol. The molecule has 1 aliphatic rings. The molecule has 5 nitrogen and oxygen atoms in total. The normalized spacial score (nSPS) is 23.4. The number of amides is 1. The number of carbonyl (C=O) groups excluding carboxylic acids is 1. The summed E-state index contributed by atoms with van der Waals surface area (Å²) >= 11 is 0. The van der Waals surface area contributed by atoms with Crippen molar-refractivity contribution in [1.82, 2.24) is 15.3 Å². The van der Waals surface area contributed by atoms with Gasteiger partial charge in [0.2, 0.25) is 0 Å². The van der Waals surface area contributed by atoms with Gasteiger partial charge in [-0.1, -0.05) is 0 Å². The van der Waals surface area contributed by atoms with E-state index < -0.39 is 0 Å². The summed E-state index contributed by atoms with van der Waals surface area (Å²) in [5, 5.41) is 13.3. The van der Waals surface area contributed by atoms with Crippen LogP contribution >= 0.6 is 0 Å². The molecular weight excluding hydrogens is 242 g/mol. The molecule has 0 aromatic carbocycles. The van der Waals surface area contributed by atoms with Gasteiger partial charge in [-0.2, -0.15) is 0 Å². The van der Waals surface area contributed by atoms with E-state index in [0.29, 0.717) is 5.56 Å². The highest BCUT2D eigenvalue weighted by atomic mass is 16.3. The largest absolute Gasteiger partial charge is 0.393 e. The van der Waals surface area contributed by atoms with Crippen molar-refractivity contribution in [3.05, 3.63) is 30.1 Å². The molecule has 0 spiro atoms. The number of nitrogens with one attached hydrogen (secondary N) is 2. The number of hydrogen-bond donors (Lipinski definition) is 3. The van der Waals surface area contributed by atoms with E-state index in [4.69, 9.17) is 0 Å². The number of aliphatic hydroxyl groups excluding tert-OH is 1. The number of H-pyrrole nitrogens is 1. The zero-order valence-corrected chi connectivity index (χ0v) is 10.6. The summed E-state index contributed by atoms with van der Waals surface area (Å²) in [6.07, 6.45) is 6.40. The Balaban J connectivity index is 1.73. The quantitative estimate of drug-likeness (QED) is 0.766. The lowest BCUT2D eigenvalue weighted by molar-refractivity contribution is 0.0869. The van der Waals surface area contributed by atoms with Crippen molar-refractivity contribution >= 4 is 16.9 Å². The maximum Gasteiger partial charge on any atom is 0.253 e. The Labute approximate surface area is 111 Å². The van der Waals surface area contributed by atoms with E-state index in [2.05, 4.69) is 15.3 Å². The molecule has 1 saturated carbocycles. The fourth-order valence-corrected chi connectivity index (χ4v) is 2.63. The van der Waals surface area contributed by atoms with Crippen molar-refractivity contribution in [3.8, 4) is 0 Å². The topological polar surface area (TPSA) is 78.0 Å². The van der Waals surface area contributed by atoms with E-state index in [1.54, 1.807) is 12.4 Å². The van der Waals surface area contributed by atoms with Crippen LogP contribution in [0.5, 0.6) is 0 Å².